The second-order valence-electron chi connectivity index (χ2n) is 6.57. The van der Waals surface area contributed by atoms with Gasteiger partial charge in [0.15, 0.2) is 23.3 Å². The minimum Gasteiger partial charge on any atom is -0.490 e. The maximum atomic E-state index is 12.4. The van der Waals surface area contributed by atoms with Crippen LogP contribution in [0.2, 0.25) is 0 Å². The number of benzene rings is 2. The number of aryl methyl sites for hydroxylation is 2. The van der Waals surface area contributed by atoms with Gasteiger partial charge < -0.3 is 19.9 Å². The number of amidine groups is 1. The van der Waals surface area contributed by atoms with E-state index in [1.165, 1.54) is 17.3 Å². The van der Waals surface area contributed by atoms with E-state index in [1.807, 2.05) is 39.0 Å². The minimum absolute atomic E-state index is 0.230. The smallest absolute Gasteiger partial charge is 0.341 e. The Kier molecular flexibility index (Phi) is 6.79. The van der Waals surface area contributed by atoms with Crippen molar-refractivity contribution in [3.63, 3.8) is 0 Å². The molecule has 0 aromatic heterocycles. The van der Waals surface area contributed by atoms with Gasteiger partial charge in [-0.2, -0.15) is 0 Å². The van der Waals surface area contributed by atoms with Crippen LogP contribution in [0.3, 0.4) is 0 Å². The highest BCUT2D eigenvalue weighted by molar-refractivity contribution is 8.18. The molecule has 1 aliphatic heterocycles. The van der Waals surface area contributed by atoms with E-state index in [1.54, 1.807) is 24.3 Å². The molecule has 0 aliphatic carbocycles. The predicted molar refractivity (Wildman–Crippen MR) is 117 cm³/mol. The highest BCUT2D eigenvalue weighted by atomic mass is 32.2. The average Bonchev–Trinajstić information content (AvgIpc) is 3.03. The van der Waals surface area contributed by atoms with Crippen molar-refractivity contribution < 1.29 is 24.2 Å². The first kappa shape index (κ1) is 21.4. The van der Waals surface area contributed by atoms with Gasteiger partial charge >= 0.3 is 5.97 Å². The third-order valence-corrected chi connectivity index (χ3v) is 5.20. The van der Waals surface area contributed by atoms with Crippen LogP contribution in [0.4, 0.5) is 5.69 Å². The van der Waals surface area contributed by atoms with Crippen molar-refractivity contribution in [2.45, 2.75) is 20.8 Å². The number of nitrogens with one attached hydrogen (secondary N) is 1. The van der Waals surface area contributed by atoms with Gasteiger partial charge in [-0.3, -0.25) is 4.79 Å². The number of nitrogens with zero attached hydrogens (tertiary/aromatic N) is 1. The van der Waals surface area contributed by atoms with Gasteiger partial charge in [0.2, 0.25) is 0 Å². The van der Waals surface area contributed by atoms with Gasteiger partial charge in [0.1, 0.15) is 0 Å². The highest BCUT2D eigenvalue weighted by Gasteiger charge is 2.24. The molecule has 1 heterocycles. The van der Waals surface area contributed by atoms with Gasteiger partial charge in [-0.1, -0.05) is 12.1 Å². The standard InChI is InChI=1S/C22H22N2O5S/c1-4-28-18-10-15(6-8-17(18)29-12-20(25)26)11-19-21(27)24-22(30-19)23-16-7-5-13(2)14(3)9-16/h5-11H,4,12H2,1-3H3,(H,25,26)(H,23,24,27)/b19-11+. The van der Waals surface area contributed by atoms with Crippen LogP contribution in [-0.4, -0.2) is 35.4 Å². The van der Waals surface area contributed by atoms with Crippen LogP contribution >= 0.6 is 11.8 Å². The van der Waals surface area contributed by atoms with Crippen molar-refractivity contribution in [2.75, 3.05) is 13.2 Å². The summed E-state index contributed by atoms with van der Waals surface area (Å²) in [4.78, 5) is 28.1. The Morgan fingerprint density at radius 3 is 2.63 bits per heavy atom. The average molecular weight is 426 g/mol. The Labute approximate surface area is 178 Å². The second kappa shape index (κ2) is 9.49. The summed E-state index contributed by atoms with van der Waals surface area (Å²) in [5, 5.41) is 12.1. The minimum atomic E-state index is -1.07. The van der Waals surface area contributed by atoms with Gasteiger partial charge in [0.25, 0.3) is 5.91 Å². The SMILES string of the molecule is CCOc1cc(/C=C2/SC(=Nc3ccc(C)c(C)c3)NC2=O)ccc1OCC(=O)O. The molecule has 3 rings (SSSR count). The van der Waals surface area contributed by atoms with Crippen LogP contribution < -0.4 is 14.8 Å². The van der Waals surface area contributed by atoms with Crippen molar-refractivity contribution in [2.24, 2.45) is 4.99 Å². The number of hydrogen-bond acceptors (Lipinski definition) is 6. The molecule has 0 unspecified atom stereocenters. The molecule has 1 fully saturated rings. The molecule has 0 atom stereocenters. The van der Waals surface area contributed by atoms with Gasteiger partial charge in [-0.05, 0) is 79.6 Å². The number of carbonyl (C=O) groups excluding carboxylic acids is 1. The molecular formula is C22H22N2O5S. The van der Waals surface area contributed by atoms with Crippen LogP contribution in [0, 0.1) is 13.8 Å². The number of thioether (sulfide) groups is 1. The third kappa shape index (κ3) is 5.42. The highest BCUT2D eigenvalue weighted by Crippen LogP contribution is 2.32. The maximum absolute atomic E-state index is 12.4. The van der Waals surface area contributed by atoms with Crippen molar-refractivity contribution >= 4 is 40.6 Å². The summed E-state index contributed by atoms with van der Waals surface area (Å²) < 4.78 is 10.8. The lowest BCUT2D eigenvalue weighted by Crippen LogP contribution is -2.19. The van der Waals surface area contributed by atoms with E-state index in [9.17, 15) is 9.59 Å². The molecule has 0 bridgehead atoms. The van der Waals surface area contributed by atoms with Crippen LogP contribution in [0.1, 0.15) is 23.6 Å². The Bertz CT molecular complexity index is 1050. The van der Waals surface area contributed by atoms with E-state index in [-0.39, 0.29) is 5.91 Å². The number of ether oxygens (including phenoxy) is 2. The Balaban J connectivity index is 1.81. The molecule has 30 heavy (non-hydrogen) atoms. The number of aliphatic imine (C=N–C) groups is 1. The Morgan fingerprint density at radius 1 is 1.13 bits per heavy atom. The van der Waals surface area contributed by atoms with Crippen LogP contribution in [0.15, 0.2) is 46.3 Å². The summed E-state index contributed by atoms with van der Waals surface area (Å²) in [6.07, 6.45) is 1.73. The first-order chi connectivity index (χ1) is 14.4. The van der Waals surface area contributed by atoms with Crippen molar-refractivity contribution in [1.29, 1.82) is 0 Å². The maximum Gasteiger partial charge on any atom is 0.341 e. The number of aliphatic carboxylic acids is 1. The molecule has 0 spiro atoms. The van der Waals surface area contributed by atoms with Crippen LogP contribution in [0.5, 0.6) is 11.5 Å². The van der Waals surface area contributed by atoms with E-state index in [0.717, 1.165) is 16.8 Å². The van der Waals surface area contributed by atoms with E-state index >= 15 is 0 Å². The van der Waals surface area contributed by atoms with Crippen LogP contribution in [-0.2, 0) is 9.59 Å². The number of rotatable bonds is 7. The quantitative estimate of drug-likeness (QED) is 0.648. The summed E-state index contributed by atoms with van der Waals surface area (Å²) in [6, 6.07) is 11.0. The Hall–Kier alpha value is -3.26. The second-order valence-corrected chi connectivity index (χ2v) is 7.60. The molecule has 1 aliphatic rings. The monoisotopic (exact) mass is 426 g/mol. The zero-order valence-corrected chi connectivity index (χ0v) is 17.7. The summed E-state index contributed by atoms with van der Waals surface area (Å²) in [5.74, 6) is -0.549. The molecule has 1 amide bonds. The van der Waals surface area contributed by atoms with Crippen molar-refractivity contribution in [3.8, 4) is 11.5 Å². The summed E-state index contributed by atoms with van der Waals surface area (Å²) in [5.41, 5.74) is 3.83. The fraction of sp³-hybridized carbons (Fsp3) is 0.227. The first-order valence-electron chi connectivity index (χ1n) is 9.34. The Morgan fingerprint density at radius 2 is 1.93 bits per heavy atom. The molecule has 2 aromatic rings. The topological polar surface area (TPSA) is 97.2 Å². The van der Waals surface area contributed by atoms with E-state index in [4.69, 9.17) is 14.6 Å². The zero-order valence-electron chi connectivity index (χ0n) is 16.9. The third-order valence-electron chi connectivity index (χ3n) is 4.29. The molecule has 156 valence electrons. The van der Waals surface area contributed by atoms with Crippen LogP contribution in [0.25, 0.3) is 6.08 Å². The van der Waals surface area contributed by atoms with Gasteiger partial charge in [-0.15, -0.1) is 0 Å². The summed E-state index contributed by atoms with van der Waals surface area (Å²) in [7, 11) is 0. The normalized spacial score (nSPS) is 16.0. The lowest BCUT2D eigenvalue weighted by atomic mass is 10.1. The number of carbonyl (C=O) groups is 2. The van der Waals surface area contributed by atoms with Gasteiger partial charge in [0.05, 0.1) is 17.2 Å². The lowest BCUT2D eigenvalue weighted by molar-refractivity contribution is -0.139. The van der Waals surface area contributed by atoms with E-state index in [2.05, 4.69) is 10.3 Å². The summed E-state index contributed by atoms with van der Waals surface area (Å²) in [6.45, 7) is 5.81. The number of amides is 1. The first-order valence-corrected chi connectivity index (χ1v) is 10.2. The fourth-order valence-electron chi connectivity index (χ4n) is 2.69. The number of hydrogen-bond donors (Lipinski definition) is 2. The molecule has 8 heteroatoms. The molecule has 7 nitrogen and oxygen atoms in total. The van der Waals surface area contributed by atoms with Crippen molar-refractivity contribution in [1.82, 2.24) is 5.32 Å². The van der Waals surface area contributed by atoms with E-state index in [0.29, 0.717) is 28.2 Å². The fourth-order valence-corrected chi connectivity index (χ4v) is 3.53. The lowest BCUT2D eigenvalue weighted by Gasteiger charge is -2.11. The molecular weight excluding hydrogens is 404 g/mol. The number of carboxylic acid groups (broad SMARTS) is 1. The molecule has 2 aromatic carbocycles. The largest absolute Gasteiger partial charge is 0.490 e. The van der Waals surface area contributed by atoms with Gasteiger partial charge in [0, 0.05) is 0 Å². The molecule has 0 radical (unpaired) electrons. The van der Waals surface area contributed by atoms with Gasteiger partial charge in [-0.25, -0.2) is 9.79 Å². The zero-order chi connectivity index (χ0) is 21.7. The van der Waals surface area contributed by atoms with E-state index < -0.39 is 12.6 Å². The predicted octanol–water partition coefficient (Wildman–Crippen LogP) is 4.06. The number of carboxylic acids is 1. The molecule has 1 saturated heterocycles. The summed E-state index contributed by atoms with van der Waals surface area (Å²) >= 11 is 1.26. The molecule has 2 N–H and O–H groups in total. The molecule has 0 saturated carbocycles. The van der Waals surface area contributed by atoms with Crippen molar-refractivity contribution in [3.05, 3.63) is 58.0 Å².